The van der Waals surface area contributed by atoms with Crippen LogP contribution in [0.4, 0.5) is 8.78 Å². The summed E-state index contributed by atoms with van der Waals surface area (Å²) in [4.78, 5) is 11.7. The Labute approximate surface area is 116 Å². The highest BCUT2D eigenvalue weighted by Gasteiger charge is 2.44. The summed E-state index contributed by atoms with van der Waals surface area (Å²) in [7, 11) is 0. The Morgan fingerprint density at radius 3 is 2.35 bits per heavy atom. The van der Waals surface area contributed by atoms with Crippen LogP contribution in [0.2, 0.25) is 0 Å². The largest absolute Gasteiger partial charge is 0.507 e. The van der Waals surface area contributed by atoms with Crippen molar-refractivity contribution in [1.82, 2.24) is 0 Å². The summed E-state index contributed by atoms with van der Waals surface area (Å²) in [6, 6.07) is 2.74. The fourth-order valence-electron chi connectivity index (χ4n) is 3.09. The van der Waals surface area contributed by atoms with Crippen LogP contribution in [-0.2, 0) is 10.2 Å². The van der Waals surface area contributed by atoms with E-state index < -0.39 is 29.1 Å². The van der Waals surface area contributed by atoms with Crippen LogP contribution in [0.5, 0.6) is 5.75 Å². The van der Waals surface area contributed by atoms with Gasteiger partial charge in [-0.3, -0.25) is 4.79 Å². The Bertz CT molecular complexity index is 520. The number of phenolic OH excluding ortho intramolecular Hbond substituents is 1. The number of carbonyl (C=O) groups is 1. The van der Waals surface area contributed by atoms with Gasteiger partial charge in [-0.15, -0.1) is 0 Å². The summed E-state index contributed by atoms with van der Waals surface area (Å²) in [5, 5.41) is 19.7. The van der Waals surface area contributed by atoms with E-state index in [-0.39, 0.29) is 5.56 Å². The van der Waals surface area contributed by atoms with Gasteiger partial charge in [0.2, 0.25) is 0 Å². The molecule has 0 radical (unpaired) electrons. The van der Waals surface area contributed by atoms with E-state index in [4.69, 9.17) is 0 Å². The molecule has 1 fully saturated rings. The fourth-order valence-corrected chi connectivity index (χ4v) is 3.09. The van der Waals surface area contributed by atoms with Gasteiger partial charge >= 0.3 is 5.97 Å². The molecule has 3 nitrogen and oxygen atoms in total. The van der Waals surface area contributed by atoms with Crippen LogP contribution in [0.25, 0.3) is 0 Å². The van der Waals surface area contributed by atoms with Gasteiger partial charge in [0, 0.05) is 5.56 Å². The standard InChI is InChI=1S/C15H18F2O3/c1-9-7-10(13(16)17)12(18)11(8-9)15(14(19)20)5-3-2-4-6-15/h7-8,13,18H,2-6H2,1H3,(H,19,20). The number of alkyl halides is 2. The fraction of sp³-hybridized carbons (Fsp3) is 0.533. The molecule has 2 N–H and O–H groups in total. The lowest BCUT2D eigenvalue weighted by molar-refractivity contribution is -0.145. The average molecular weight is 284 g/mol. The van der Waals surface area contributed by atoms with Crippen LogP contribution in [0, 0.1) is 6.92 Å². The van der Waals surface area contributed by atoms with Crippen molar-refractivity contribution in [1.29, 1.82) is 0 Å². The lowest BCUT2D eigenvalue weighted by Gasteiger charge is -2.34. The number of aryl methyl sites for hydroxylation is 1. The molecule has 1 saturated carbocycles. The first-order valence-electron chi connectivity index (χ1n) is 6.74. The maximum absolute atomic E-state index is 13.0. The van der Waals surface area contributed by atoms with Gasteiger partial charge in [0.25, 0.3) is 6.43 Å². The summed E-state index contributed by atoms with van der Waals surface area (Å²) >= 11 is 0. The number of benzene rings is 1. The topological polar surface area (TPSA) is 57.5 Å². The zero-order valence-corrected chi connectivity index (χ0v) is 11.3. The van der Waals surface area contributed by atoms with Gasteiger partial charge in [0.15, 0.2) is 0 Å². The van der Waals surface area contributed by atoms with Crippen molar-refractivity contribution in [3.8, 4) is 5.75 Å². The van der Waals surface area contributed by atoms with E-state index in [0.717, 1.165) is 19.3 Å². The molecule has 20 heavy (non-hydrogen) atoms. The minimum absolute atomic E-state index is 0.139. The van der Waals surface area contributed by atoms with Crippen LogP contribution in [0.3, 0.4) is 0 Å². The lowest BCUT2D eigenvalue weighted by atomic mass is 9.68. The molecule has 5 heteroatoms. The molecule has 1 aliphatic carbocycles. The van der Waals surface area contributed by atoms with E-state index >= 15 is 0 Å². The summed E-state index contributed by atoms with van der Waals surface area (Å²) < 4.78 is 25.9. The van der Waals surface area contributed by atoms with Gasteiger partial charge in [-0.05, 0) is 25.8 Å². The van der Waals surface area contributed by atoms with Crippen LogP contribution >= 0.6 is 0 Å². The summed E-state index contributed by atoms with van der Waals surface area (Å²) in [5.74, 6) is -1.60. The predicted molar refractivity (Wildman–Crippen MR) is 70.2 cm³/mol. The SMILES string of the molecule is Cc1cc(C(F)F)c(O)c(C2(C(=O)O)CCCCC2)c1. The number of aromatic hydroxyl groups is 1. The number of rotatable bonds is 3. The molecule has 0 bridgehead atoms. The molecule has 2 rings (SSSR count). The van der Waals surface area contributed by atoms with Crippen LogP contribution in [0.15, 0.2) is 12.1 Å². The lowest BCUT2D eigenvalue weighted by Crippen LogP contribution is -2.38. The Hall–Kier alpha value is -1.65. The number of hydrogen-bond donors (Lipinski definition) is 2. The third-order valence-electron chi connectivity index (χ3n) is 4.15. The smallest absolute Gasteiger partial charge is 0.314 e. The second kappa shape index (κ2) is 5.38. The molecule has 1 aromatic carbocycles. The van der Waals surface area contributed by atoms with Crippen molar-refractivity contribution < 1.29 is 23.8 Å². The minimum Gasteiger partial charge on any atom is -0.507 e. The van der Waals surface area contributed by atoms with Crippen LogP contribution < -0.4 is 0 Å². The predicted octanol–water partition coefficient (Wildman–Crippen LogP) is 3.92. The number of hydrogen-bond acceptors (Lipinski definition) is 2. The van der Waals surface area contributed by atoms with Crippen molar-refractivity contribution in [3.05, 3.63) is 28.8 Å². The van der Waals surface area contributed by atoms with E-state index in [0.29, 0.717) is 18.4 Å². The minimum atomic E-state index is -2.82. The Morgan fingerprint density at radius 1 is 1.25 bits per heavy atom. The number of aliphatic carboxylic acids is 1. The van der Waals surface area contributed by atoms with Crippen molar-refractivity contribution in [2.24, 2.45) is 0 Å². The third kappa shape index (κ3) is 2.37. The van der Waals surface area contributed by atoms with E-state index in [1.807, 2.05) is 0 Å². The Kier molecular flexibility index (Phi) is 3.97. The Balaban J connectivity index is 2.62. The molecule has 0 aromatic heterocycles. The monoisotopic (exact) mass is 284 g/mol. The molecule has 1 aromatic rings. The van der Waals surface area contributed by atoms with Gasteiger partial charge in [0.1, 0.15) is 5.75 Å². The zero-order valence-electron chi connectivity index (χ0n) is 11.3. The van der Waals surface area contributed by atoms with Crippen LogP contribution in [0.1, 0.15) is 55.2 Å². The van der Waals surface area contributed by atoms with Crippen LogP contribution in [-0.4, -0.2) is 16.2 Å². The third-order valence-corrected chi connectivity index (χ3v) is 4.15. The Morgan fingerprint density at radius 2 is 1.85 bits per heavy atom. The molecule has 0 aliphatic heterocycles. The maximum Gasteiger partial charge on any atom is 0.314 e. The average Bonchev–Trinajstić information content (AvgIpc) is 2.41. The quantitative estimate of drug-likeness (QED) is 0.884. The molecule has 0 heterocycles. The molecule has 1 aliphatic rings. The van der Waals surface area contributed by atoms with Crippen molar-refractivity contribution in [3.63, 3.8) is 0 Å². The van der Waals surface area contributed by atoms with E-state index in [2.05, 4.69) is 0 Å². The van der Waals surface area contributed by atoms with Gasteiger partial charge in [-0.2, -0.15) is 0 Å². The van der Waals surface area contributed by atoms with E-state index in [1.54, 1.807) is 6.92 Å². The molecular weight excluding hydrogens is 266 g/mol. The summed E-state index contributed by atoms with van der Waals surface area (Å²) in [6.45, 7) is 1.63. The molecular formula is C15H18F2O3. The van der Waals surface area contributed by atoms with Gasteiger partial charge in [0.05, 0.1) is 11.0 Å². The summed E-state index contributed by atoms with van der Waals surface area (Å²) in [6.07, 6.45) is 0.323. The maximum atomic E-state index is 13.0. The highest BCUT2D eigenvalue weighted by Crippen LogP contribution is 2.46. The van der Waals surface area contributed by atoms with Crippen molar-refractivity contribution in [2.75, 3.05) is 0 Å². The molecule has 110 valence electrons. The van der Waals surface area contributed by atoms with Crippen molar-refractivity contribution in [2.45, 2.75) is 50.9 Å². The molecule has 0 amide bonds. The highest BCUT2D eigenvalue weighted by atomic mass is 19.3. The van der Waals surface area contributed by atoms with E-state index in [9.17, 15) is 23.8 Å². The molecule has 0 atom stereocenters. The highest BCUT2D eigenvalue weighted by molar-refractivity contribution is 5.83. The number of halogens is 2. The van der Waals surface area contributed by atoms with Gasteiger partial charge < -0.3 is 10.2 Å². The van der Waals surface area contributed by atoms with Gasteiger partial charge in [-0.25, -0.2) is 8.78 Å². The first-order chi connectivity index (χ1) is 9.38. The normalized spacial score (nSPS) is 18.2. The number of carboxylic acid groups (broad SMARTS) is 1. The molecule has 0 saturated heterocycles. The van der Waals surface area contributed by atoms with E-state index in [1.165, 1.54) is 12.1 Å². The summed E-state index contributed by atoms with van der Waals surface area (Å²) in [5.41, 5.74) is -1.04. The second-order valence-corrected chi connectivity index (χ2v) is 5.50. The number of phenols is 1. The molecule has 0 unspecified atom stereocenters. The second-order valence-electron chi connectivity index (χ2n) is 5.50. The number of carboxylic acids is 1. The van der Waals surface area contributed by atoms with Gasteiger partial charge in [-0.1, -0.05) is 30.9 Å². The first-order valence-corrected chi connectivity index (χ1v) is 6.74. The van der Waals surface area contributed by atoms with Crippen molar-refractivity contribution >= 4 is 5.97 Å². The zero-order chi connectivity index (χ0) is 14.9. The first kappa shape index (κ1) is 14.8. The molecule has 0 spiro atoms.